The number of H-pyrrole nitrogens is 1. The minimum absolute atomic E-state index is 0.0950. The summed E-state index contributed by atoms with van der Waals surface area (Å²) in [7, 11) is 3.59. The molecule has 2 aromatic rings. The highest BCUT2D eigenvalue weighted by Gasteiger charge is 2.22. The van der Waals surface area contributed by atoms with Gasteiger partial charge in [-0.2, -0.15) is 5.10 Å². The molecule has 1 aliphatic rings. The van der Waals surface area contributed by atoms with E-state index in [0.29, 0.717) is 0 Å². The number of nitrogens with one attached hydrogen (secondary N) is 1. The van der Waals surface area contributed by atoms with Crippen LogP contribution in [0.15, 0.2) is 36.4 Å². The molecule has 1 N–H and O–H groups in total. The monoisotopic (exact) mass is 313 g/mol. The van der Waals surface area contributed by atoms with Crippen LogP contribution in [-0.4, -0.2) is 71.2 Å². The molecule has 3 rings (SSSR count). The third kappa shape index (κ3) is 3.71. The quantitative estimate of drug-likeness (QED) is 0.941. The number of benzene rings is 1. The van der Waals surface area contributed by atoms with Crippen LogP contribution in [0.3, 0.4) is 0 Å². The number of hydrogen-bond donors (Lipinski definition) is 1. The molecule has 2 amide bonds. The van der Waals surface area contributed by atoms with E-state index in [1.54, 1.807) is 19.0 Å². The SMILES string of the molecule is CN(C)C(=O)N1CCN(Cc2cc(-c3ccccc3)n[nH]2)CC1. The van der Waals surface area contributed by atoms with Gasteiger partial charge in [0.2, 0.25) is 0 Å². The summed E-state index contributed by atoms with van der Waals surface area (Å²) in [6, 6.07) is 12.4. The van der Waals surface area contributed by atoms with Crippen LogP contribution in [0.2, 0.25) is 0 Å². The van der Waals surface area contributed by atoms with Crippen molar-refractivity contribution in [2.45, 2.75) is 6.54 Å². The van der Waals surface area contributed by atoms with Crippen LogP contribution in [0.5, 0.6) is 0 Å². The highest BCUT2D eigenvalue weighted by atomic mass is 16.2. The predicted molar refractivity (Wildman–Crippen MR) is 90.0 cm³/mol. The van der Waals surface area contributed by atoms with Gasteiger partial charge in [-0.3, -0.25) is 10.00 Å². The zero-order valence-corrected chi connectivity index (χ0v) is 13.7. The van der Waals surface area contributed by atoms with Crippen molar-refractivity contribution in [2.24, 2.45) is 0 Å². The molecule has 0 radical (unpaired) electrons. The number of amides is 2. The van der Waals surface area contributed by atoms with Crippen molar-refractivity contribution in [3.63, 3.8) is 0 Å². The van der Waals surface area contributed by atoms with E-state index in [2.05, 4.69) is 33.3 Å². The molecule has 0 saturated carbocycles. The molecule has 0 bridgehead atoms. The predicted octanol–water partition coefficient (Wildman–Crippen LogP) is 1.88. The van der Waals surface area contributed by atoms with Crippen molar-refractivity contribution >= 4 is 6.03 Å². The summed E-state index contributed by atoms with van der Waals surface area (Å²) in [4.78, 5) is 17.8. The van der Waals surface area contributed by atoms with Crippen LogP contribution in [0.4, 0.5) is 4.79 Å². The van der Waals surface area contributed by atoms with Crippen molar-refractivity contribution in [3.8, 4) is 11.3 Å². The van der Waals surface area contributed by atoms with Gasteiger partial charge < -0.3 is 9.80 Å². The fourth-order valence-electron chi connectivity index (χ4n) is 2.82. The molecule has 6 nitrogen and oxygen atoms in total. The summed E-state index contributed by atoms with van der Waals surface area (Å²) in [6.07, 6.45) is 0. The van der Waals surface area contributed by atoms with Crippen LogP contribution < -0.4 is 0 Å². The Morgan fingerprint density at radius 2 is 1.87 bits per heavy atom. The van der Waals surface area contributed by atoms with Crippen LogP contribution in [0.25, 0.3) is 11.3 Å². The number of hydrogen-bond acceptors (Lipinski definition) is 3. The number of aromatic amines is 1. The highest BCUT2D eigenvalue weighted by Crippen LogP contribution is 2.18. The van der Waals surface area contributed by atoms with E-state index in [-0.39, 0.29) is 6.03 Å². The summed E-state index contributed by atoms with van der Waals surface area (Å²) < 4.78 is 0. The number of carbonyl (C=O) groups excluding carboxylic acids is 1. The fraction of sp³-hybridized carbons (Fsp3) is 0.412. The molecule has 122 valence electrons. The Labute approximate surface area is 136 Å². The first-order valence-electron chi connectivity index (χ1n) is 7.92. The Hall–Kier alpha value is -2.34. The van der Waals surface area contributed by atoms with E-state index in [9.17, 15) is 4.79 Å². The van der Waals surface area contributed by atoms with Crippen molar-refractivity contribution in [1.29, 1.82) is 0 Å². The van der Waals surface area contributed by atoms with Crippen LogP contribution in [0, 0.1) is 0 Å². The molecule has 1 aliphatic heterocycles. The largest absolute Gasteiger partial charge is 0.331 e. The molecule has 1 fully saturated rings. The lowest BCUT2D eigenvalue weighted by Crippen LogP contribution is -2.51. The van der Waals surface area contributed by atoms with Gasteiger partial charge in [-0.05, 0) is 6.07 Å². The Kier molecular flexibility index (Phi) is 4.62. The molecule has 0 aliphatic carbocycles. The van der Waals surface area contributed by atoms with Gasteiger partial charge in [0, 0.05) is 58.1 Å². The number of piperazine rings is 1. The highest BCUT2D eigenvalue weighted by molar-refractivity contribution is 5.73. The molecule has 1 saturated heterocycles. The van der Waals surface area contributed by atoms with Gasteiger partial charge in [0.1, 0.15) is 0 Å². The summed E-state index contributed by atoms with van der Waals surface area (Å²) >= 11 is 0. The zero-order valence-electron chi connectivity index (χ0n) is 13.7. The first-order valence-corrected chi connectivity index (χ1v) is 7.92. The summed E-state index contributed by atoms with van der Waals surface area (Å²) in [5, 5.41) is 7.52. The van der Waals surface area contributed by atoms with Crippen molar-refractivity contribution in [1.82, 2.24) is 24.9 Å². The Morgan fingerprint density at radius 1 is 1.17 bits per heavy atom. The van der Waals surface area contributed by atoms with Crippen LogP contribution in [-0.2, 0) is 6.54 Å². The van der Waals surface area contributed by atoms with Gasteiger partial charge in [0.05, 0.1) is 5.69 Å². The molecule has 6 heteroatoms. The number of rotatable bonds is 3. The number of aromatic nitrogens is 2. The molecule has 1 aromatic carbocycles. The van der Waals surface area contributed by atoms with E-state index in [1.807, 2.05) is 23.1 Å². The lowest BCUT2D eigenvalue weighted by atomic mass is 10.1. The fourth-order valence-corrected chi connectivity index (χ4v) is 2.82. The van der Waals surface area contributed by atoms with E-state index < -0.39 is 0 Å². The molecular weight excluding hydrogens is 290 g/mol. The molecule has 2 heterocycles. The summed E-state index contributed by atoms with van der Waals surface area (Å²) in [5.74, 6) is 0. The topological polar surface area (TPSA) is 55.5 Å². The molecule has 1 aromatic heterocycles. The Morgan fingerprint density at radius 3 is 2.52 bits per heavy atom. The maximum atomic E-state index is 11.9. The second-order valence-electron chi connectivity index (χ2n) is 6.08. The van der Waals surface area contributed by atoms with Gasteiger partial charge in [-0.15, -0.1) is 0 Å². The second-order valence-corrected chi connectivity index (χ2v) is 6.08. The lowest BCUT2D eigenvalue weighted by molar-refractivity contribution is 0.119. The summed E-state index contributed by atoms with van der Waals surface area (Å²) in [6.45, 7) is 4.16. The third-order valence-electron chi connectivity index (χ3n) is 4.12. The molecule has 23 heavy (non-hydrogen) atoms. The first kappa shape index (κ1) is 15.6. The normalized spacial score (nSPS) is 15.7. The van der Waals surface area contributed by atoms with E-state index >= 15 is 0 Å². The summed E-state index contributed by atoms with van der Waals surface area (Å²) in [5.41, 5.74) is 3.20. The minimum Gasteiger partial charge on any atom is -0.331 e. The average Bonchev–Trinajstić information content (AvgIpc) is 3.04. The Balaban J connectivity index is 1.55. The van der Waals surface area contributed by atoms with Gasteiger partial charge >= 0.3 is 6.03 Å². The number of carbonyl (C=O) groups is 1. The molecule has 0 atom stereocenters. The maximum Gasteiger partial charge on any atom is 0.319 e. The van der Waals surface area contributed by atoms with E-state index in [0.717, 1.165) is 49.7 Å². The number of urea groups is 1. The van der Waals surface area contributed by atoms with E-state index in [1.165, 1.54) is 0 Å². The first-order chi connectivity index (χ1) is 11.1. The van der Waals surface area contributed by atoms with Gasteiger partial charge in [-0.1, -0.05) is 30.3 Å². The van der Waals surface area contributed by atoms with Crippen LogP contribution >= 0.6 is 0 Å². The maximum absolute atomic E-state index is 11.9. The number of nitrogens with zero attached hydrogens (tertiary/aromatic N) is 4. The average molecular weight is 313 g/mol. The molecular formula is C17H23N5O. The lowest BCUT2D eigenvalue weighted by Gasteiger charge is -2.35. The van der Waals surface area contributed by atoms with Crippen molar-refractivity contribution < 1.29 is 4.79 Å². The van der Waals surface area contributed by atoms with Gasteiger partial charge in [0.25, 0.3) is 0 Å². The van der Waals surface area contributed by atoms with Gasteiger partial charge in [0.15, 0.2) is 0 Å². The molecule has 0 unspecified atom stereocenters. The zero-order chi connectivity index (χ0) is 16.2. The minimum atomic E-state index is 0.0950. The van der Waals surface area contributed by atoms with E-state index in [4.69, 9.17) is 0 Å². The Bertz CT molecular complexity index is 644. The van der Waals surface area contributed by atoms with Crippen LogP contribution in [0.1, 0.15) is 5.69 Å². The van der Waals surface area contributed by atoms with Gasteiger partial charge in [-0.25, -0.2) is 4.79 Å². The third-order valence-corrected chi connectivity index (χ3v) is 4.12. The molecule has 0 spiro atoms. The second kappa shape index (κ2) is 6.83. The standard InChI is InChI=1S/C17H23N5O/c1-20(2)17(23)22-10-8-21(9-11-22)13-15-12-16(19-18-15)14-6-4-3-5-7-14/h3-7,12H,8-11,13H2,1-2H3,(H,18,19). The smallest absolute Gasteiger partial charge is 0.319 e. The van der Waals surface area contributed by atoms with Crippen molar-refractivity contribution in [3.05, 3.63) is 42.1 Å². The van der Waals surface area contributed by atoms with Crippen molar-refractivity contribution in [2.75, 3.05) is 40.3 Å².